The molecule has 0 saturated carbocycles. The number of aliphatic hydroxyl groups excluding tert-OH is 1. The van der Waals surface area contributed by atoms with Crippen LogP contribution < -0.4 is 4.72 Å². The van der Waals surface area contributed by atoms with E-state index in [-0.39, 0.29) is 20.6 Å². The first-order valence-electron chi connectivity index (χ1n) is 5.70. The zero-order valence-electron chi connectivity index (χ0n) is 10.5. The van der Waals surface area contributed by atoms with Crippen LogP contribution in [0.1, 0.15) is 5.56 Å². The predicted octanol–water partition coefficient (Wildman–Crippen LogP) is 3.02. The number of nitrogens with one attached hydrogen (secondary N) is 1. The Hall–Kier alpha value is -1.51. The van der Waals surface area contributed by atoms with Crippen LogP contribution in [0.4, 0.5) is 14.5 Å². The van der Waals surface area contributed by atoms with Gasteiger partial charge in [0.05, 0.1) is 21.7 Å². The van der Waals surface area contributed by atoms with Gasteiger partial charge in [-0.1, -0.05) is 0 Å². The van der Waals surface area contributed by atoms with E-state index in [9.17, 15) is 17.2 Å². The Labute approximate surface area is 128 Å². The van der Waals surface area contributed by atoms with Gasteiger partial charge < -0.3 is 5.11 Å². The first kappa shape index (κ1) is 15.9. The van der Waals surface area contributed by atoms with Gasteiger partial charge in [0.1, 0.15) is 11.6 Å². The molecule has 0 aliphatic carbocycles. The molecule has 4 nitrogen and oxygen atoms in total. The summed E-state index contributed by atoms with van der Waals surface area (Å²) in [5.41, 5.74) is -0.106. The number of sulfonamides is 1. The Morgan fingerprint density at radius 3 is 2.43 bits per heavy atom. The number of rotatable bonds is 4. The highest BCUT2D eigenvalue weighted by Crippen LogP contribution is 2.23. The maximum atomic E-state index is 13.4. The van der Waals surface area contributed by atoms with Crippen molar-refractivity contribution in [3.63, 3.8) is 0 Å². The maximum Gasteiger partial charge on any atom is 0.261 e. The van der Waals surface area contributed by atoms with Crippen LogP contribution in [0, 0.1) is 11.6 Å². The largest absolute Gasteiger partial charge is 0.392 e. The Kier molecular flexibility index (Phi) is 4.60. The fraction of sp³-hybridized carbons (Fsp3) is 0.0769. The third kappa shape index (κ3) is 3.58. The van der Waals surface area contributed by atoms with Gasteiger partial charge in [-0.25, -0.2) is 17.2 Å². The molecule has 0 fully saturated rings. The second-order valence-electron chi connectivity index (χ2n) is 4.15. The molecule has 2 N–H and O–H groups in total. The number of hydrogen-bond acceptors (Lipinski definition) is 3. The van der Waals surface area contributed by atoms with E-state index in [1.807, 2.05) is 0 Å². The van der Waals surface area contributed by atoms with Crippen LogP contribution in [0.2, 0.25) is 0 Å². The molecular weight excluding hydrogens is 368 g/mol. The van der Waals surface area contributed by atoms with Crippen molar-refractivity contribution in [2.45, 2.75) is 11.5 Å². The van der Waals surface area contributed by atoms with Crippen molar-refractivity contribution in [1.82, 2.24) is 0 Å². The number of benzene rings is 2. The summed E-state index contributed by atoms with van der Waals surface area (Å²) in [6.07, 6.45) is 0. The van der Waals surface area contributed by atoms with Crippen molar-refractivity contribution in [3.8, 4) is 0 Å². The summed E-state index contributed by atoms with van der Waals surface area (Å²) in [5, 5.41) is 8.96. The molecule has 0 spiro atoms. The molecule has 0 aliphatic rings. The number of halogens is 3. The molecule has 8 heteroatoms. The number of anilines is 1. The van der Waals surface area contributed by atoms with Gasteiger partial charge in [-0.05, 0) is 52.3 Å². The van der Waals surface area contributed by atoms with E-state index in [0.29, 0.717) is 0 Å². The quantitative estimate of drug-likeness (QED) is 0.860. The van der Waals surface area contributed by atoms with Gasteiger partial charge >= 0.3 is 0 Å². The van der Waals surface area contributed by atoms with E-state index in [1.54, 1.807) is 0 Å². The van der Waals surface area contributed by atoms with Gasteiger partial charge in [0.2, 0.25) is 0 Å². The molecule has 0 heterocycles. The van der Waals surface area contributed by atoms with Crippen LogP contribution in [0.3, 0.4) is 0 Å². The van der Waals surface area contributed by atoms with Crippen molar-refractivity contribution in [3.05, 3.63) is 58.1 Å². The lowest BCUT2D eigenvalue weighted by atomic mass is 10.2. The average Bonchev–Trinajstić information content (AvgIpc) is 2.43. The third-order valence-corrected chi connectivity index (χ3v) is 4.69. The summed E-state index contributed by atoms with van der Waals surface area (Å²) < 4.78 is 53.3. The molecule has 112 valence electrons. The van der Waals surface area contributed by atoms with Crippen molar-refractivity contribution in [1.29, 1.82) is 0 Å². The summed E-state index contributed by atoms with van der Waals surface area (Å²) in [7, 11) is -4.00. The summed E-state index contributed by atoms with van der Waals surface area (Å²) >= 11 is 2.96. The molecule has 0 unspecified atom stereocenters. The van der Waals surface area contributed by atoms with E-state index in [2.05, 4.69) is 20.7 Å². The monoisotopic (exact) mass is 377 g/mol. The normalized spacial score (nSPS) is 11.4. The van der Waals surface area contributed by atoms with Gasteiger partial charge in [-0.3, -0.25) is 4.72 Å². The molecule has 0 radical (unpaired) electrons. The molecule has 21 heavy (non-hydrogen) atoms. The van der Waals surface area contributed by atoms with Crippen molar-refractivity contribution in [2.24, 2.45) is 0 Å². The number of aliphatic hydroxyl groups is 1. The molecule has 0 aromatic heterocycles. The molecule has 0 atom stereocenters. The van der Waals surface area contributed by atoms with Crippen LogP contribution in [0.15, 0.2) is 45.8 Å². The van der Waals surface area contributed by atoms with Crippen molar-refractivity contribution in [2.75, 3.05) is 4.72 Å². The highest BCUT2D eigenvalue weighted by Gasteiger charge is 2.17. The number of hydrogen-bond donors (Lipinski definition) is 2. The lowest BCUT2D eigenvalue weighted by molar-refractivity contribution is 0.275. The lowest BCUT2D eigenvalue weighted by Gasteiger charge is -2.10. The maximum absolute atomic E-state index is 13.4. The van der Waals surface area contributed by atoms with E-state index in [0.717, 1.165) is 24.3 Å². The molecule has 2 aromatic carbocycles. The van der Waals surface area contributed by atoms with E-state index in [1.165, 1.54) is 12.1 Å². The van der Waals surface area contributed by atoms with E-state index in [4.69, 9.17) is 5.11 Å². The van der Waals surface area contributed by atoms with E-state index >= 15 is 0 Å². The summed E-state index contributed by atoms with van der Waals surface area (Å²) in [6, 6.07) is 6.78. The zero-order valence-corrected chi connectivity index (χ0v) is 12.9. The minimum Gasteiger partial charge on any atom is -0.392 e. The fourth-order valence-electron chi connectivity index (χ4n) is 1.61. The minimum absolute atomic E-state index is 0.0329. The SMILES string of the molecule is O=S(=O)(Nc1ccc(Br)c(F)c1)c1ccc(F)c(CO)c1. The zero-order chi connectivity index (χ0) is 15.6. The van der Waals surface area contributed by atoms with Crippen LogP contribution in [0.5, 0.6) is 0 Å². The average molecular weight is 378 g/mol. The first-order valence-corrected chi connectivity index (χ1v) is 7.98. The molecule has 0 amide bonds. The Morgan fingerprint density at radius 2 is 1.81 bits per heavy atom. The predicted molar refractivity (Wildman–Crippen MR) is 77.2 cm³/mol. The molecular formula is C13H10BrF2NO3S. The highest BCUT2D eigenvalue weighted by atomic mass is 79.9. The van der Waals surface area contributed by atoms with Gasteiger partial charge in [0.15, 0.2) is 0 Å². The smallest absolute Gasteiger partial charge is 0.261 e. The highest BCUT2D eigenvalue weighted by molar-refractivity contribution is 9.10. The standard InChI is InChI=1S/C13H10BrF2NO3S/c14-11-3-1-9(6-13(11)16)17-21(19,20)10-2-4-12(15)8(5-10)7-18/h1-6,17-18H,7H2. The molecule has 0 saturated heterocycles. The van der Waals surface area contributed by atoms with E-state index < -0.39 is 28.3 Å². The summed E-state index contributed by atoms with van der Waals surface area (Å²) in [4.78, 5) is -0.226. The Morgan fingerprint density at radius 1 is 1.10 bits per heavy atom. The Balaban J connectivity index is 2.35. The van der Waals surface area contributed by atoms with Crippen LogP contribution in [0.25, 0.3) is 0 Å². The fourth-order valence-corrected chi connectivity index (χ4v) is 2.96. The molecule has 2 aromatic rings. The Bertz CT molecular complexity index is 781. The van der Waals surface area contributed by atoms with Gasteiger partial charge in [0.25, 0.3) is 10.0 Å². The molecule has 0 aliphatic heterocycles. The van der Waals surface area contributed by atoms with Crippen LogP contribution in [-0.4, -0.2) is 13.5 Å². The third-order valence-electron chi connectivity index (χ3n) is 2.67. The van der Waals surface area contributed by atoms with Crippen LogP contribution >= 0.6 is 15.9 Å². The van der Waals surface area contributed by atoms with Gasteiger partial charge in [-0.2, -0.15) is 0 Å². The first-order chi connectivity index (χ1) is 9.83. The minimum atomic E-state index is -4.00. The molecule has 2 rings (SSSR count). The van der Waals surface area contributed by atoms with Gasteiger partial charge in [-0.15, -0.1) is 0 Å². The summed E-state index contributed by atoms with van der Waals surface area (Å²) in [6.45, 7) is -0.623. The van der Waals surface area contributed by atoms with Crippen molar-refractivity contribution < 1.29 is 22.3 Å². The second kappa shape index (κ2) is 6.08. The summed E-state index contributed by atoms with van der Waals surface area (Å²) in [5.74, 6) is -1.32. The topological polar surface area (TPSA) is 66.4 Å². The van der Waals surface area contributed by atoms with Crippen molar-refractivity contribution >= 4 is 31.6 Å². The van der Waals surface area contributed by atoms with Crippen LogP contribution in [-0.2, 0) is 16.6 Å². The second-order valence-corrected chi connectivity index (χ2v) is 6.68. The molecule has 0 bridgehead atoms. The van der Waals surface area contributed by atoms with Gasteiger partial charge in [0, 0.05) is 5.56 Å². The lowest BCUT2D eigenvalue weighted by Crippen LogP contribution is -2.13.